The number of aromatic amines is 2. The Morgan fingerprint density at radius 3 is 0.691 bits per heavy atom. The van der Waals surface area contributed by atoms with Crippen LogP contribution >= 0.6 is 0 Å². The van der Waals surface area contributed by atoms with Crippen LogP contribution in [0.2, 0.25) is 0 Å². The van der Waals surface area contributed by atoms with Gasteiger partial charge in [-0.1, -0.05) is 152 Å². The van der Waals surface area contributed by atoms with E-state index in [1.807, 2.05) is 0 Å². The second kappa shape index (κ2) is 20.8. The van der Waals surface area contributed by atoms with E-state index in [0.717, 1.165) is 115 Å². The Kier molecular flexibility index (Phi) is 14.2. The largest absolute Gasteiger partial charge is 0.354 e. The number of H-pyrrole nitrogens is 2. The van der Waals surface area contributed by atoms with Crippen molar-refractivity contribution in [3.05, 3.63) is 166 Å². The van der Waals surface area contributed by atoms with Crippen molar-refractivity contribution in [3.63, 3.8) is 0 Å². The molecule has 3 aromatic heterocycles. The number of rotatable bonds is 16. The SMILES string of the molecule is CC(C)CCc1ccc(-c2c3nc(c(-c4ccc(CCC(C)C)cc4)c4ccc([nH]4)c(-c4ccc(CCC(C)C)cc4)c4nc(c(-c5ccc(CCC(C)C)cc5)c5ccc2[nH]5)C=C4)C=C3)cc1. The van der Waals surface area contributed by atoms with Gasteiger partial charge in [0.2, 0.25) is 0 Å². The molecule has 0 amide bonds. The third kappa shape index (κ3) is 10.8. The summed E-state index contributed by atoms with van der Waals surface area (Å²) in [7, 11) is 0. The molecule has 4 aromatic carbocycles. The van der Waals surface area contributed by atoms with Crippen LogP contribution in [-0.4, -0.2) is 19.9 Å². The van der Waals surface area contributed by atoms with Gasteiger partial charge in [-0.2, -0.15) is 0 Å². The van der Waals surface area contributed by atoms with Gasteiger partial charge in [-0.05, 0) is 168 Å². The first-order chi connectivity index (χ1) is 32.9. The average molecular weight is 895 g/mol. The maximum atomic E-state index is 5.59. The fourth-order valence-corrected chi connectivity index (χ4v) is 9.59. The van der Waals surface area contributed by atoms with Crippen molar-refractivity contribution in [1.82, 2.24) is 19.9 Å². The minimum absolute atomic E-state index is 0.656. The van der Waals surface area contributed by atoms with Gasteiger partial charge in [-0.15, -0.1) is 0 Å². The molecule has 4 nitrogen and oxygen atoms in total. The highest BCUT2D eigenvalue weighted by atomic mass is 14.8. The molecule has 2 aliphatic rings. The van der Waals surface area contributed by atoms with Crippen molar-refractivity contribution < 1.29 is 0 Å². The quantitative estimate of drug-likeness (QED) is 0.102. The van der Waals surface area contributed by atoms with Gasteiger partial charge in [0.1, 0.15) is 0 Å². The zero-order chi connectivity index (χ0) is 47.3. The predicted molar refractivity (Wildman–Crippen MR) is 293 cm³/mol. The van der Waals surface area contributed by atoms with Crippen LogP contribution in [-0.2, 0) is 25.7 Å². The van der Waals surface area contributed by atoms with Crippen molar-refractivity contribution in [1.29, 1.82) is 0 Å². The van der Waals surface area contributed by atoms with Crippen molar-refractivity contribution in [2.24, 2.45) is 23.7 Å². The molecule has 2 aliphatic heterocycles. The summed E-state index contributed by atoms with van der Waals surface area (Å²) in [6, 6.07) is 45.7. The lowest BCUT2D eigenvalue weighted by atomic mass is 9.98. The van der Waals surface area contributed by atoms with Gasteiger partial charge in [-0.3, -0.25) is 0 Å². The Morgan fingerprint density at radius 2 is 0.500 bits per heavy atom. The molecule has 0 unspecified atom stereocenters. The minimum atomic E-state index is 0.656. The second-order valence-corrected chi connectivity index (χ2v) is 21.0. The zero-order valence-electron chi connectivity index (χ0n) is 41.7. The summed E-state index contributed by atoms with van der Waals surface area (Å²) >= 11 is 0. The number of hydrogen-bond donors (Lipinski definition) is 2. The molecule has 2 N–H and O–H groups in total. The zero-order valence-corrected chi connectivity index (χ0v) is 41.7. The topological polar surface area (TPSA) is 57.4 Å². The van der Waals surface area contributed by atoms with Crippen LogP contribution in [0.15, 0.2) is 121 Å². The van der Waals surface area contributed by atoms with Gasteiger partial charge in [0.25, 0.3) is 0 Å². The van der Waals surface area contributed by atoms with Gasteiger partial charge in [-0.25, -0.2) is 9.97 Å². The van der Waals surface area contributed by atoms with E-state index in [-0.39, 0.29) is 0 Å². The molecule has 0 radical (unpaired) electrons. The van der Waals surface area contributed by atoms with E-state index in [2.05, 4.69) is 211 Å². The molecule has 9 rings (SSSR count). The summed E-state index contributed by atoms with van der Waals surface area (Å²) in [5, 5.41) is 0. The fourth-order valence-electron chi connectivity index (χ4n) is 9.59. The number of nitrogens with one attached hydrogen (secondary N) is 2. The van der Waals surface area contributed by atoms with Gasteiger partial charge in [0, 0.05) is 44.3 Å². The first-order valence-corrected chi connectivity index (χ1v) is 25.5. The minimum Gasteiger partial charge on any atom is -0.354 e. The Hall–Kier alpha value is -6.52. The Labute approximate surface area is 405 Å². The Bertz CT molecular complexity index is 2660. The summed E-state index contributed by atoms with van der Waals surface area (Å²) in [6.07, 6.45) is 17.8. The monoisotopic (exact) mass is 895 g/mol. The molecule has 346 valence electrons. The van der Waals surface area contributed by atoms with Crippen LogP contribution in [0.1, 0.15) is 126 Å². The first kappa shape index (κ1) is 46.6. The van der Waals surface area contributed by atoms with Crippen LogP contribution in [0.3, 0.4) is 0 Å². The molecule has 68 heavy (non-hydrogen) atoms. The molecular weight excluding hydrogens is 825 g/mol. The van der Waals surface area contributed by atoms with E-state index in [1.54, 1.807) is 0 Å². The number of nitrogens with zero attached hydrogens (tertiary/aromatic N) is 2. The molecule has 8 bridgehead atoms. The van der Waals surface area contributed by atoms with E-state index in [0.29, 0.717) is 23.7 Å². The predicted octanol–water partition coefficient (Wildman–Crippen LogP) is 17.7. The summed E-state index contributed by atoms with van der Waals surface area (Å²) in [5.41, 5.74) is 22.1. The van der Waals surface area contributed by atoms with Crippen LogP contribution in [0.25, 0.3) is 90.9 Å². The number of benzene rings is 4. The molecule has 0 aliphatic carbocycles. The molecule has 0 saturated heterocycles. The van der Waals surface area contributed by atoms with Crippen LogP contribution in [0.5, 0.6) is 0 Å². The Morgan fingerprint density at radius 1 is 0.294 bits per heavy atom. The maximum absolute atomic E-state index is 5.59. The summed E-state index contributed by atoms with van der Waals surface area (Å²) < 4.78 is 0. The average Bonchev–Trinajstić information content (AvgIpc) is 4.19. The van der Waals surface area contributed by atoms with Crippen LogP contribution in [0, 0.1) is 23.7 Å². The third-order valence-corrected chi connectivity index (χ3v) is 13.8. The van der Waals surface area contributed by atoms with Crippen molar-refractivity contribution >= 4 is 46.4 Å². The van der Waals surface area contributed by atoms with Crippen molar-refractivity contribution in [2.45, 2.75) is 107 Å². The molecule has 0 atom stereocenters. The molecule has 5 heterocycles. The summed E-state index contributed by atoms with van der Waals surface area (Å²) in [5.74, 6) is 2.63. The van der Waals surface area contributed by atoms with Gasteiger partial charge >= 0.3 is 0 Å². The van der Waals surface area contributed by atoms with E-state index in [4.69, 9.17) is 9.97 Å². The molecule has 0 fully saturated rings. The van der Waals surface area contributed by atoms with Crippen molar-refractivity contribution in [3.8, 4) is 44.5 Å². The normalized spacial score (nSPS) is 12.4. The third-order valence-electron chi connectivity index (χ3n) is 13.8. The number of fused-ring (bicyclic) bond motifs is 8. The number of aromatic nitrogens is 4. The molecule has 0 spiro atoms. The fraction of sp³-hybridized carbons (Fsp3) is 0.312. The first-order valence-electron chi connectivity index (χ1n) is 25.5. The standard InChI is InChI=1S/C64H70N4/c1-41(2)9-13-45-17-25-49(26-18-45)61-53-33-35-55(65-53)62(50-27-19-46(20-28-50)14-10-42(3)4)57-37-39-59(67-57)64(52-31-23-48(24-32-52)16-12-44(7)8)60-40-38-58(68-60)63(56-36-34-54(61)66-56)51-29-21-47(22-30-51)15-11-43(5)6/h17-44,65,68H,9-16H2,1-8H3. The maximum Gasteiger partial charge on any atom is 0.0737 e. The molecule has 0 saturated carbocycles. The molecular formula is C64H70N4. The smallest absolute Gasteiger partial charge is 0.0737 e. The Balaban J connectivity index is 1.33. The van der Waals surface area contributed by atoms with Gasteiger partial charge in [0.15, 0.2) is 0 Å². The highest BCUT2D eigenvalue weighted by Crippen LogP contribution is 2.39. The number of hydrogen-bond acceptors (Lipinski definition) is 2. The summed E-state index contributed by atoms with van der Waals surface area (Å²) in [6.45, 7) is 18.4. The van der Waals surface area contributed by atoms with Gasteiger partial charge < -0.3 is 9.97 Å². The van der Waals surface area contributed by atoms with Crippen LogP contribution in [0.4, 0.5) is 0 Å². The lowest BCUT2D eigenvalue weighted by Crippen LogP contribution is -1.93. The van der Waals surface area contributed by atoms with Gasteiger partial charge in [0.05, 0.1) is 22.8 Å². The summed E-state index contributed by atoms with van der Waals surface area (Å²) in [4.78, 5) is 19.1. The van der Waals surface area contributed by atoms with Crippen molar-refractivity contribution in [2.75, 3.05) is 0 Å². The second-order valence-electron chi connectivity index (χ2n) is 21.0. The lowest BCUT2D eigenvalue weighted by molar-refractivity contribution is 0.586. The van der Waals surface area contributed by atoms with E-state index in [9.17, 15) is 0 Å². The lowest BCUT2D eigenvalue weighted by Gasteiger charge is -2.09. The molecule has 4 heteroatoms. The van der Waals surface area contributed by atoms with E-state index < -0.39 is 0 Å². The molecule has 7 aromatic rings. The number of aryl methyl sites for hydroxylation is 4. The highest BCUT2D eigenvalue weighted by molar-refractivity contribution is 5.99. The highest BCUT2D eigenvalue weighted by Gasteiger charge is 2.20. The van der Waals surface area contributed by atoms with E-state index in [1.165, 1.54) is 47.9 Å². The van der Waals surface area contributed by atoms with Crippen LogP contribution < -0.4 is 0 Å². The van der Waals surface area contributed by atoms with E-state index >= 15 is 0 Å².